The zero-order chi connectivity index (χ0) is 12.4. The average molecular weight is 312 g/mol. The highest BCUT2D eigenvalue weighted by molar-refractivity contribution is 9.10. The highest BCUT2D eigenvalue weighted by atomic mass is 79.9. The van der Waals surface area contributed by atoms with Crippen molar-refractivity contribution in [3.8, 4) is 11.1 Å². The van der Waals surface area contributed by atoms with Crippen LogP contribution in [0.5, 0.6) is 0 Å². The lowest BCUT2D eigenvalue weighted by Crippen LogP contribution is -2.01. The van der Waals surface area contributed by atoms with Crippen LogP contribution >= 0.6 is 27.5 Å². The van der Waals surface area contributed by atoms with Gasteiger partial charge in [-0.3, -0.25) is 0 Å². The highest BCUT2D eigenvalue weighted by Crippen LogP contribution is 2.32. The fourth-order valence-corrected chi connectivity index (χ4v) is 2.53. The van der Waals surface area contributed by atoms with Crippen LogP contribution in [-0.4, -0.2) is 11.1 Å². The Morgan fingerprint density at radius 2 is 1.82 bits per heavy atom. The van der Waals surface area contributed by atoms with Gasteiger partial charge in [0.1, 0.15) is 0 Å². The molecule has 0 aliphatic carbocycles. The van der Waals surface area contributed by atoms with Gasteiger partial charge >= 0.3 is 5.97 Å². The molecule has 0 atom stereocenters. The minimum atomic E-state index is -1.03. The van der Waals surface area contributed by atoms with Crippen LogP contribution in [0.4, 0.5) is 0 Å². The van der Waals surface area contributed by atoms with Gasteiger partial charge in [0.2, 0.25) is 0 Å². The second kappa shape index (κ2) is 4.90. The van der Waals surface area contributed by atoms with Crippen molar-refractivity contribution >= 4 is 33.5 Å². The molecule has 17 heavy (non-hydrogen) atoms. The molecular weight excluding hydrogens is 303 g/mol. The summed E-state index contributed by atoms with van der Waals surface area (Å²) in [6.45, 7) is 0. The van der Waals surface area contributed by atoms with E-state index in [4.69, 9.17) is 11.6 Å². The maximum absolute atomic E-state index is 11.2. The molecule has 0 saturated carbocycles. The number of carboxylic acid groups (broad SMARTS) is 1. The third-order valence-corrected chi connectivity index (χ3v) is 3.11. The summed E-state index contributed by atoms with van der Waals surface area (Å²) in [5.74, 6) is -1.03. The molecule has 0 fully saturated rings. The van der Waals surface area contributed by atoms with Crippen molar-refractivity contribution in [2.45, 2.75) is 0 Å². The number of aromatic carboxylic acids is 1. The Morgan fingerprint density at radius 1 is 1.18 bits per heavy atom. The number of benzene rings is 2. The van der Waals surface area contributed by atoms with Crippen molar-refractivity contribution in [2.75, 3.05) is 0 Å². The normalized spacial score (nSPS) is 10.2. The molecule has 0 radical (unpaired) electrons. The van der Waals surface area contributed by atoms with Gasteiger partial charge < -0.3 is 5.11 Å². The quantitative estimate of drug-likeness (QED) is 0.888. The molecule has 0 saturated heterocycles. The van der Waals surface area contributed by atoms with E-state index in [0.717, 1.165) is 10.0 Å². The van der Waals surface area contributed by atoms with E-state index in [1.54, 1.807) is 12.1 Å². The third-order valence-electron chi connectivity index (χ3n) is 2.35. The highest BCUT2D eigenvalue weighted by Gasteiger charge is 2.16. The SMILES string of the molecule is O=C(O)c1c(Cl)cc(Br)cc1-c1ccccc1. The molecule has 0 aliphatic heterocycles. The Balaban J connectivity index is 2.72. The molecule has 0 spiro atoms. The van der Waals surface area contributed by atoms with Crippen LogP contribution in [0.25, 0.3) is 11.1 Å². The first-order valence-corrected chi connectivity index (χ1v) is 6.04. The minimum Gasteiger partial charge on any atom is -0.478 e. The van der Waals surface area contributed by atoms with E-state index in [2.05, 4.69) is 15.9 Å². The average Bonchev–Trinajstić information content (AvgIpc) is 2.28. The monoisotopic (exact) mass is 310 g/mol. The van der Waals surface area contributed by atoms with E-state index >= 15 is 0 Å². The number of hydrogen-bond donors (Lipinski definition) is 1. The molecule has 0 heterocycles. The molecule has 1 N–H and O–H groups in total. The van der Waals surface area contributed by atoms with Gasteiger partial charge in [0.25, 0.3) is 0 Å². The van der Waals surface area contributed by atoms with Crippen LogP contribution in [0.2, 0.25) is 5.02 Å². The maximum Gasteiger partial charge on any atom is 0.337 e. The second-order valence-electron chi connectivity index (χ2n) is 3.48. The first-order chi connectivity index (χ1) is 8.09. The van der Waals surface area contributed by atoms with Gasteiger partial charge in [0.15, 0.2) is 0 Å². The molecule has 2 aromatic rings. The van der Waals surface area contributed by atoms with E-state index in [0.29, 0.717) is 5.56 Å². The number of rotatable bonds is 2. The lowest BCUT2D eigenvalue weighted by Gasteiger charge is -2.09. The van der Waals surface area contributed by atoms with Gasteiger partial charge in [0.05, 0.1) is 10.6 Å². The predicted molar refractivity (Wildman–Crippen MR) is 71.5 cm³/mol. The summed E-state index contributed by atoms with van der Waals surface area (Å²) < 4.78 is 0.756. The molecule has 0 amide bonds. The topological polar surface area (TPSA) is 37.3 Å². The van der Waals surface area contributed by atoms with E-state index in [-0.39, 0.29) is 10.6 Å². The Hall–Kier alpha value is -1.32. The second-order valence-corrected chi connectivity index (χ2v) is 4.80. The Morgan fingerprint density at radius 3 is 2.41 bits per heavy atom. The molecule has 86 valence electrons. The predicted octanol–water partition coefficient (Wildman–Crippen LogP) is 4.47. The Kier molecular flexibility index (Phi) is 3.50. The van der Waals surface area contributed by atoms with Crippen LogP contribution in [0, 0.1) is 0 Å². The molecule has 0 aliphatic rings. The zero-order valence-corrected chi connectivity index (χ0v) is 11.0. The summed E-state index contributed by atoms with van der Waals surface area (Å²) in [7, 11) is 0. The first-order valence-electron chi connectivity index (χ1n) is 4.87. The summed E-state index contributed by atoms with van der Waals surface area (Å²) in [6, 6.07) is 12.6. The van der Waals surface area contributed by atoms with Crippen molar-refractivity contribution in [1.82, 2.24) is 0 Å². The fraction of sp³-hybridized carbons (Fsp3) is 0. The number of halogens is 2. The summed E-state index contributed by atoms with van der Waals surface area (Å²) in [5.41, 5.74) is 1.56. The van der Waals surface area contributed by atoms with Gasteiger partial charge in [-0.1, -0.05) is 57.9 Å². The number of carbonyl (C=O) groups is 1. The van der Waals surface area contributed by atoms with E-state index in [1.807, 2.05) is 30.3 Å². The van der Waals surface area contributed by atoms with Crippen LogP contribution in [0.1, 0.15) is 10.4 Å². The Labute approximate surface area is 112 Å². The molecule has 2 nitrogen and oxygen atoms in total. The zero-order valence-electron chi connectivity index (χ0n) is 8.65. The van der Waals surface area contributed by atoms with Gasteiger partial charge in [0, 0.05) is 4.47 Å². The molecule has 2 aromatic carbocycles. The lowest BCUT2D eigenvalue weighted by molar-refractivity contribution is 0.0698. The van der Waals surface area contributed by atoms with Crippen molar-refractivity contribution in [2.24, 2.45) is 0 Å². The standard InChI is InChI=1S/C13H8BrClO2/c14-9-6-10(8-4-2-1-3-5-8)12(13(16)17)11(15)7-9/h1-7H,(H,16,17). The summed E-state index contributed by atoms with van der Waals surface area (Å²) in [6.07, 6.45) is 0. The lowest BCUT2D eigenvalue weighted by atomic mass is 10.00. The van der Waals surface area contributed by atoms with Crippen LogP contribution in [-0.2, 0) is 0 Å². The smallest absolute Gasteiger partial charge is 0.337 e. The fourth-order valence-electron chi connectivity index (χ4n) is 1.64. The number of carboxylic acids is 1. The van der Waals surface area contributed by atoms with Crippen LogP contribution in [0.3, 0.4) is 0 Å². The summed E-state index contributed by atoms with van der Waals surface area (Å²) in [4.78, 5) is 11.2. The van der Waals surface area contributed by atoms with E-state index < -0.39 is 5.97 Å². The summed E-state index contributed by atoms with van der Waals surface area (Å²) in [5, 5.41) is 9.43. The largest absolute Gasteiger partial charge is 0.478 e. The third kappa shape index (κ3) is 2.51. The van der Waals surface area contributed by atoms with Crippen molar-refractivity contribution < 1.29 is 9.90 Å². The van der Waals surface area contributed by atoms with Gasteiger partial charge in [-0.2, -0.15) is 0 Å². The minimum absolute atomic E-state index is 0.126. The van der Waals surface area contributed by atoms with Gasteiger partial charge in [-0.15, -0.1) is 0 Å². The van der Waals surface area contributed by atoms with E-state index in [9.17, 15) is 9.90 Å². The molecule has 0 aromatic heterocycles. The molecular formula is C13H8BrClO2. The number of hydrogen-bond acceptors (Lipinski definition) is 1. The molecule has 0 unspecified atom stereocenters. The van der Waals surface area contributed by atoms with Crippen molar-refractivity contribution in [1.29, 1.82) is 0 Å². The van der Waals surface area contributed by atoms with Crippen LogP contribution in [0.15, 0.2) is 46.9 Å². The maximum atomic E-state index is 11.2. The molecule has 4 heteroatoms. The van der Waals surface area contributed by atoms with E-state index in [1.165, 1.54) is 0 Å². The Bertz CT molecular complexity index is 567. The van der Waals surface area contributed by atoms with Crippen LogP contribution < -0.4 is 0 Å². The van der Waals surface area contributed by atoms with Crippen molar-refractivity contribution in [3.63, 3.8) is 0 Å². The molecule has 0 bridgehead atoms. The van der Waals surface area contributed by atoms with Gasteiger partial charge in [-0.05, 0) is 23.3 Å². The van der Waals surface area contributed by atoms with Crippen molar-refractivity contribution in [3.05, 3.63) is 57.5 Å². The summed E-state index contributed by atoms with van der Waals surface area (Å²) >= 11 is 9.28. The first kappa shape index (κ1) is 12.1. The van der Waals surface area contributed by atoms with Gasteiger partial charge in [-0.25, -0.2) is 4.79 Å². The molecule has 2 rings (SSSR count).